The maximum Gasteiger partial charge on any atom is 0.0714 e. The highest BCUT2D eigenvalue weighted by Crippen LogP contribution is 2.59. The van der Waals surface area contributed by atoms with Gasteiger partial charge in [0.1, 0.15) is 0 Å². The first-order chi connectivity index (χ1) is 28.8. The summed E-state index contributed by atoms with van der Waals surface area (Å²) < 4.78 is 0. The Morgan fingerprint density at radius 2 is 0.810 bits per heavy atom. The van der Waals surface area contributed by atoms with E-state index in [4.69, 9.17) is 0 Å². The van der Waals surface area contributed by atoms with Crippen LogP contribution in [0.5, 0.6) is 0 Å². The van der Waals surface area contributed by atoms with E-state index in [2.05, 4.69) is 241 Å². The van der Waals surface area contributed by atoms with Gasteiger partial charge in [0.2, 0.25) is 0 Å². The van der Waals surface area contributed by atoms with Crippen LogP contribution in [0.15, 0.2) is 237 Å². The van der Waals surface area contributed by atoms with Gasteiger partial charge in [-0.3, -0.25) is 0 Å². The Kier molecular flexibility index (Phi) is 8.12. The van der Waals surface area contributed by atoms with Crippen LogP contribution in [0, 0.1) is 0 Å². The summed E-state index contributed by atoms with van der Waals surface area (Å²) in [5.74, 6) is 0. The van der Waals surface area contributed by atoms with E-state index in [-0.39, 0.29) is 0 Å². The molecule has 0 bridgehead atoms. The van der Waals surface area contributed by atoms with Crippen molar-refractivity contribution in [3.63, 3.8) is 0 Å². The standard InChI is InChI=1S/C57H39N/c1-4-15-40(16-5-1)41-29-34-48(35-30-41)58(49-36-31-42(32-37-49)44-33-38-51-45(39-44)28-27-43-17-10-11-22-50(43)51)55-26-14-25-54-56(55)52-23-12-13-24-53(52)57(54,46-18-6-2-7-19-46)47-20-8-3-9-21-47/h1-39H. The second-order valence-corrected chi connectivity index (χ2v) is 15.2. The normalized spacial score (nSPS) is 12.6. The molecule has 58 heavy (non-hydrogen) atoms. The Morgan fingerprint density at radius 1 is 0.310 bits per heavy atom. The quantitative estimate of drug-likeness (QED) is 0.147. The van der Waals surface area contributed by atoms with Crippen LogP contribution in [0.4, 0.5) is 17.1 Å². The predicted octanol–water partition coefficient (Wildman–Crippen LogP) is 15.2. The molecule has 11 rings (SSSR count). The van der Waals surface area contributed by atoms with E-state index in [0.717, 1.165) is 17.1 Å². The third kappa shape index (κ3) is 5.39. The van der Waals surface area contributed by atoms with E-state index >= 15 is 0 Å². The van der Waals surface area contributed by atoms with Crippen LogP contribution >= 0.6 is 0 Å². The van der Waals surface area contributed by atoms with Crippen LogP contribution in [0.1, 0.15) is 22.3 Å². The predicted molar refractivity (Wildman–Crippen MR) is 244 cm³/mol. The molecule has 0 fully saturated rings. The molecule has 0 saturated carbocycles. The van der Waals surface area contributed by atoms with Crippen molar-refractivity contribution in [2.45, 2.75) is 5.41 Å². The Hall–Kier alpha value is -7.48. The minimum Gasteiger partial charge on any atom is -0.310 e. The Labute approximate surface area is 339 Å². The fourth-order valence-corrected chi connectivity index (χ4v) is 9.52. The zero-order chi connectivity index (χ0) is 38.5. The number of hydrogen-bond acceptors (Lipinski definition) is 1. The molecular formula is C57H39N. The Balaban J connectivity index is 1.10. The summed E-state index contributed by atoms with van der Waals surface area (Å²) in [5, 5.41) is 5.09. The van der Waals surface area contributed by atoms with Crippen molar-refractivity contribution in [2.24, 2.45) is 0 Å². The van der Waals surface area contributed by atoms with Crippen molar-refractivity contribution in [3.8, 4) is 33.4 Å². The van der Waals surface area contributed by atoms with Crippen LogP contribution < -0.4 is 4.90 Å². The average Bonchev–Trinajstić information content (AvgIpc) is 3.62. The highest BCUT2D eigenvalue weighted by atomic mass is 15.1. The van der Waals surface area contributed by atoms with Crippen molar-refractivity contribution < 1.29 is 0 Å². The Bertz CT molecular complexity index is 3040. The molecule has 0 radical (unpaired) electrons. The summed E-state index contributed by atoms with van der Waals surface area (Å²) in [6.45, 7) is 0. The van der Waals surface area contributed by atoms with Crippen molar-refractivity contribution in [3.05, 3.63) is 259 Å². The zero-order valence-corrected chi connectivity index (χ0v) is 32.0. The summed E-state index contributed by atoms with van der Waals surface area (Å²) in [4.78, 5) is 2.45. The second kappa shape index (κ2) is 13.9. The third-order valence-electron chi connectivity index (χ3n) is 12.1. The van der Waals surface area contributed by atoms with Gasteiger partial charge in [-0.1, -0.05) is 200 Å². The van der Waals surface area contributed by atoms with Crippen molar-refractivity contribution in [1.82, 2.24) is 0 Å². The second-order valence-electron chi connectivity index (χ2n) is 15.2. The lowest BCUT2D eigenvalue weighted by Gasteiger charge is -2.34. The van der Waals surface area contributed by atoms with Crippen molar-refractivity contribution >= 4 is 38.6 Å². The number of fused-ring (bicyclic) bond motifs is 6. The molecule has 272 valence electrons. The zero-order valence-electron chi connectivity index (χ0n) is 32.0. The van der Waals surface area contributed by atoms with Crippen LogP contribution in [-0.2, 0) is 5.41 Å². The molecular weight excluding hydrogens is 699 g/mol. The summed E-state index contributed by atoms with van der Waals surface area (Å²) in [5.41, 5.74) is 15.3. The number of nitrogens with zero attached hydrogens (tertiary/aromatic N) is 1. The molecule has 1 aliphatic carbocycles. The summed E-state index contributed by atoms with van der Waals surface area (Å²) >= 11 is 0. The van der Waals surface area contributed by atoms with Gasteiger partial charge < -0.3 is 4.90 Å². The third-order valence-corrected chi connectivity index (χ3v) is 12.1. The highest BCUT2D eigenvalue weighted by molar-refractivity contribution is 6.08. The van der Waals surface area contributed by atoms with Gasteiger partial charge in [0.15, 0.2) is 0 Å². The van der Waals surface area contributed by atoms with E-state index in [1.807, 2.05) is 0 Å². The molecule has 0 aliphatic heterocycles. The molecule has 1 nitrogen and oxygen atoms in total. The topological polar surface area (TPSA) is 3.24 Å². The van der Waals surface area contributed by atoms with Crippen LogP contribution in [0.25, 0.3) is 54.9 Å². The smallest absolute Gasteiger partial charge is 0.0714 e. The molecule has 0 aromatic heterocycles. The molecule has 0 saturated heterocycles. The molecule has 1 aliphatic rings. The average molecular weight is 738 g/mol. The van der Waals surface area contributed by atoms with Gasteiger partial charge in [-0.25, -0.2) is 0 Å². The molecule has 0 amide bonds. The molecule has 1 heteroatoms. The lowest BCUT2D eigenvalue weighted by Crippen LogP contribution is -2.28. The Morgan fingerprint density at radius 3 is 1.50 bits per heavy atom. The first kappa shape index (κ1) is 33.8. The van der Waals surface area contributed by atoms with Crippen LogP contribution in [-0.4, -0.2) is 0 Å². The van der Waals surface area contributed by atoms with Gasteiger partial charge in [0, 0.05) is 16.9 Å². The molecule has 0 heterocycles. The summed E-state index contributed by atoms with van der Waals surface area (Å²) in [6.07, 6.45) is 0. The molecule has 0 spiro atoms. The monoisotopic (exact) mass is 737 g/mol. The SMILES string of the molecule is c1ccc(-c2ccc(N(c3ccc(-c4ccc5c(ccc6ccccc65)c4)cc3)c3cccc4c3-c3ccccc3C4(c3ccccc3)c3ccccc3)cc2)cc1. The minimum absolute atomic E-state index is 0.488. The molecule has 10 aromatic carbocycles. The molecule has 0 unspecified atom stereocenters. The van der Waals surface area contributed by atoms with Crippen LogP contribution in [0.2, 0.25) is 0 Å². The largest absolute Gasteiger partial charge is 0.310 e. The van der Waals surface area contributed by atoms with E-state index in [1.54, 1.807) is 0 Å². The number of benzene rings is 10. The lowest BCUT2D eigenvalue weighted by molar-refractivity contribution is 0.768. The van der Waals surface area contributed by atoms with E-state index in [9.17, 15) is 0 Å². The lowest BCUT2D eigenvalue weighted by atomic mass is 9.68. The molecule has 0 atom stereocenters. The first-order valence-electron chi connectivity index (χ1n) is 20.1. The van der Waals surface area contributed by atoms with E-state index < -0.39 is 5.41 Å². The number of hydrogen-bond donors (Lipinski definition) is 0. The first-order valence-corrected chi connectivity index (χ1v) is 20.1. The number of rotatable bonds is 7. The minimum atomic E-state index is -0.488. The molecule has 10 aromatic rings. The molecule has 0 N–H and O–H groups in total. The maximum atomic E-state index is 2.45. The van der Waals surface area contributed by atoms with Crippen LogP contribution in [0.3, 0.4) is 0 Å². The fraction of sp³-hybridized carbons (Fsp3) is 0.0175. The fourth-order valence-electron chi connectivity index (χ4n) is 9.52. The van der Waals surface area contributed by atoms with Gasteiger partial charge >= 0.3 is 0 Å². The van der Waals surface area contributed by atoms with Gasteiger partial charge in [0.05, 0.1) is 11.1 Å². The van der Waals surface area contributed by atoms with E-state index in [0.29, 0.717) is 0 Å². The van der Waals surface area contributed by atoms with E-state index in [1.165, 1.54) is 77.2 Å². The van der Waals surface area contributed by atoms with Gasteiger partial charge in [-0.15, -0.1) is 0 Å². The van der Waals surface area contributed by atoms with Gasteiger partial charge in [-0.05, 0) is 108 Å². The highest BCUT2D eigenvalue weighted by Gasteiger charge is 2.47. The summed E-state index contributed by atoms with van der Waals surface area (Å²) in [6, 6.07) is 86.8. The van der Waals surface area contributed by atoms with Gasteiger partial charge in [0.25, 0.3) is 0 Å². The number of anilines is 3. The summed E-state index contributed by atoms with van der Waals surface area (Å²) in [7, 11) is 0. The maximum absolute atomic E-state index is 2.45. The van der Waals surface area contributed by atoms with Crippen molar-refractivity contribution in [1.29, 1.82) is 0 Å². The van der Waals surface area contributed by atoms with Gasteiger partial charge in [-0.2, -0.15) is 0 Å². The van der Waals surface area contributed by atoms with Crippen molar-refractivity contribution in [2.75, 3.05) is 4.90 Å².